The maximum Gasteiger partial charge on any atom is 0.0645 e. The van der Waals surface area contributed by atoms with Gasteiger partial charge in [-0.15, -0.1) is 0 Å². The van der Waals surface area contributed by atoms with Gasteiger partial charge in [-0.2, -0.15) is 0 Å². The minimum atomic E-state index is -0.946. The number of para-hydroxylation sites is 5. The van der Waals surface area contributed by atoms with E-state index >= 15 is 0 Å². The zero-order valence-corrected chi connectivity index (χ0v) is 29.3. The molecule has 12 rings (SSSR count). The molecule has 0 N–H and O–H groups in total. The predicted molar refractivity (Wildman–Crippen MR) is 240 cm³/mol. The monoisotopic (exact) mass is 747 g/mol. The van der Waals surface area contributed by atoms with E-state index in [0.29, 0.717) is 22.3 Å². The lowest BCUT2D eigenvalue weighted by molar-refractivity contribution is 1.17. The number of rotatable bonds is 5. The molecule has 0 saturated heterocycles. The van der Waals surface area contributed by atoms with Crippen molar-refractivity contribution in [3.63, 3.8) is 0 Å². The van der Waals surface area contributed by atoms with E-state index in [0.717, 1.165) is 9.13 Å². The molecule has 3 nitrogen and oxygen atoms in total. The molecule has 12 aromatic rings. The highest BCUT2D eigenvalue weighted by Crippen LogP contribution is 2.45. The van der Waals surface area contributed by atoms with Crippen LogP contribution in [0.15, 0.2) is 212 Å². The highest BCUT2D eigenvalue weighted by Gasteiger charge is 2.24. The van der Waals surface area contributed by atoms with E-state index in [1.54, 1.807) is 54.6 Å². The smallest absolute Gasteiger partial charge is 0.0645 e. The molecular formula is C54H35N3. The Labute approximate surface area is 360 Å². The first-order chi connectivity index (χ1) is 37.5. The summed E-state index contributed by atoms with van der Waals surface area (Å²) in [6.07, 6.45) is 0. The Morgan fingerprint density at radius 2 is 0.667 bits per heavy atom. The maximum atomic E-state index is 9.95. The van der Waals surface area contributed by atoms with Gasteiger partial charge in [-0.3, -0.25) is 0 Å². The summed E-state index contributed by atoms with van der Waals surface area (Å²) in [6, 6.07) is 5.77. The predicted octanol–water partition coefficient (Wildman–Crippen LogP) is 14.3. The highest BCUT2D eigenvalue weighted by molar-refractivity contribution is 6.19. The lowest BCUT2D eigenvalue weighted by Crippen LogP contribution is -2.01. The van der Waals surface area contributed by atoms with Crippen LogP contribution in [-0.4, -0.2) is 13.7 Å². The number of fused-ring (bicyclic) bond motifs is 9. The van der Waals surface area contributed by atoms with Gasteiger partial charge in [-0.25, -0.2) is 0 Å². The quantitative estimate of drug-likeness (QED) is 0.167. The molecule has 0 bridgehead atoms. The van der Waals surface area contributed by atoms with Crippen molar-refractivity contribution in [1.29, 1.82) is 0 Å². The van der Waals surface area contributed by atoms with Gasteiger partial charge in [0.05, 0.1) is 80.3 Å². The summed E-state index contributed by atoms with van der Waals surface area (Å²) in [4.78, 5) is 0. The van der Waals surface area contributed by atoms with Crippen molar-refractivity contribution in [2.45, 2.75) is 0 Å². The number of nitrogens with zero attached hydrogens (tertiary/aromatic N) is 3. The van der Waals surface area contributed by atoms with Crippen LogP contribution in [0, 0.1) is 0 Å². The molecule has 266 valence electrons. The number of aromatic nitrogens is 3. The molecule has 0 aliphatic heterocycles. The largest absolute Gasteiger partial charge is 0.309 e. The fourth-order valence-corrected chi connectivity index (χ4v) is 8.03. The van der Waals surface area contributed by atoms with Gasteiger partial charge in [0.15, 0.2) is 0 Å². The molecule has 0 aliphatic carbocycles. The second kappa shape index (κ2) is 12.5. The van der Waals surface area contributed by atoms with Crippen LogP contribution in [0.5, 0.6) is 0 Å². The maximum absolute atomic E-state index is 9.95. The van der Waals surface area contributed by atoms with Gasteiger partial charge in [0.25, 0.3) is 0 Å². The molecule has 57 heavy (non-hydrogen) atoms. The molecule has 0 amide bonds. The summed E-state index contributed by atoms with van der Waals surface area (Å²) in [5.74, 6) is 0. The number of hydrogen-bond donors (Lipinski definition) is 0. The van der Waals surface area contributed by atoms with E-state index in [1.165, 1.54) is 4.57 Å². The molecule has 0 unspecified atom stereocenters. The lowest BCUT2D eigenvalue weighted by Gasteiger charge is -2.19. The SMILES string of the molecule is [2H]c1c([2H])c([2H])c2c(c1[2H])c1c(-n3c4c([2H])c([2H])c([2H])c([2H])c4c4c(-n5c6c([2H])c([2H])c([2H])c([2H])c6c6c([2H])c([2H])c([2H])c([2H])c65)c([2H])c([2H])c([2H])c43)c([2H])c([2H])c([2H])c1n2-c1c(-c2ccccc2)cccc1-c1ccccc1. The van der Waals surface area contributed by atoms with Gasteiger partial charge in [0, 0.05) is 43.4 Å². The van der Waals surface area contributed by atoms with Crippen molar-refractivity contribution < 1.29 is 30.2 Å². The zero-order valence-electron chi connectivity index (χ0n) is 51.3. The molecule has 0 radical (unpaired) electrons. The van der Waals surface area contributed by atoms with E-state index in [1.807, 2.05) is 24.3 Å². The van der Waals surface area contributed by atoms with Gasteiger partial charge < -0.3 is 13.7 Å². The van der Waals surface area contributed by atoms with E-state index in [9.17, 15) is 16.4 Å². The molecule has 0 saturated carbocycles. The Balaban J connectivity index is 1.41. The fraction of sp³-hybridized carbons (Fsp3) is 0. The van der Waals surface area contributed by atoms with Crippen LogP contribution >= 0.6 is 0 Å². The van der Waals surface area contributed by atoms with E-state index in [2.05, 4.69) is 0 Å². The first kappa shape index (κ1) is 17.0. The summed E-state index contributed by atoms with van der Waals surface area (Å²) in [5.41, 5.74) is -1.42. The Morgan fingerprint density at radius 3 is 1.16 bits per heavy atom. The molecule has 3 heterocycles. The van der Waals surface area contributed by atoms with Crippen molar-refractivity contribution in [3.05, 3.63) is 212 Å². The lowest BCUT2D eigenvalue weighted by atomic mass is 9.95. The molecule has 0 atom stereocenters. The van der Waals surface area contributed by atoms with Crippen molar-refractivity contribution in [1.82, 2.24) is 13.7 Å². The molecule has 9 aromatic carbocycles. The van der Waals surface area contributed by atoms with Gasteiger partial charge in [0.1, 0.15) is 0 Å². The van der Waals surface area contributed by atoms with Crippen LogP contribution in [0.1, 0.15) is 30.2 Å². The van der Waals surface area contributed by atoms with Crippen molar-refractivity contribution in [2.24, 2.45) is 0 Å². The minimum absolute atomic E-state index is 0.237. The van der Waals surface area contributed by atoms with Crippen molar-refractivity contribution >= 4 is 65.4 Å². The van der Waals surface area contributed by atoms with E-state index in [4.69, 9.17) is 13.7 Å². The van der Waals surface area contributed by atoms with Crippen LogP contribution in [-0.2, 0) is 0 Å². The third-order valence-electron chi connectivity index (χ3n) is 10.3. The summed E-state index contributed by atoms with van der Waals surface area (Å²) in [6.45, 7) is 0. The Morgan fingerprint density at radius 1 is 0.298 bits per heavy atom. The third kappa shape index (κ3) is 4.60. The second-order valence-electron chi connectivity index (χ2n) is 13.2. The standard InChI is InChI=1S/C54H35N3/c1-3-18-36(19-4-1)38-26-15-27-39(37-20-5-2-6-21-37)54(38)57-47-31-14-10-25-43(47)53-50(34-17-35-51(53)57)56-46-30-13-9-24-42(46)52-48(32-16-33-49(52)56)55-44-28-11-7-22-40(44)41-23-8-12-29-45(41)55/h1-35H/i7D,8D,9D,10D,11D,12D,13D,14D,16D,17D,22D,23D,24D,25D,28D,29D,30D,31D,32D,33D,34D,35D. The fourth-order valence-electron chi connectivity index (χ4n) is 8.03. The third-order valence-corrected chi connectivity index (χ3v) is 10.3. The van der Waals surface area contributed by atoms with Crippen LogP contribution in [0.2, 0.25) is 0 Å². The molecule has 0 spiro atoms. The van der Waals surface area contributed by atoms with Gasteiger partial charge in [0.2, 0.25) is 0 Å². The summed E-state index contributed by atoms with van der Waals surface area (Å²) in [7, 11) is 0. The second-order valence-corrected chi connectivity index (χ2v) is 13.2. The first-order valence-electron chi connectivity index (χ1n) is 28.8. The average Bonchev–Trinajstić information content (AvgIpc) is 2.47. The molecule has 0 aliphatic rings. The van der Waals surface area contributed by atoms with Crippen molar-refractivity contribution in [3.8, 4) is 39.3 Å². The van der Waals surface area contributed by atoms with Gasteiger partial charge >= 0.3 is 0 Å². The van der Waals surface area contributed by atoms with E-state index < -0.39 is 188 Å². The van der Waals surface area contributed by atoms with Crippen molar-refractivity contribution in [2.75, 3.05) is 0 Å². The Hall–Kier alpha value is -7.62. The molecule has 0 fully saturated rings. The average molecular weight is 748 g/mol. The van der Waals surface area contributed by atoms with Crippen LogP contribution in [0.3, 0.4) is 0 Å². The molecule has 3 aromatic heterocycles. The highest BCUT2D eigenvalue weighted by atomic mass is 15.0. The van der Waals surface area contributed by atoms with Crippen LogP contribution < -0.4 is 0 Å². The summed E-state index contributed by atoms with van der Waals surface area (Å²) >= 11 is 0. The normalized spacial score (nSPS) is 17.3. The zero-order chi connectivity index (χ0) is 56.6. The van der Waals surface area contributed by atoms with Gasteiger partial charge in [-0.1, -0.05) is 163 Å². The Bertz CT molecular complexity index is 4660. The minimum Gasteiger partial charge on any atom is -0.309 e. The topological polar surface area (TPSA) is 14.8 Å². The Kier molecular flexibility index (Phi) is 3.72. The first-order valence-corrected chi connectivity index (χ1v) is 17.8. The summed E-state index contributed by atoms with van der Waals surface area (Å²) < 4.78 is 209. The van der Waals surface area contributed by atoms with Gasteiger partial charge in [-0.05, 0) is 59.5 Å². The molecule has 3 heteroatoms. The van der Waals surface area contributed by atoms with Crippen LogP contribution in [0.4, 0.5) is 0 Å². The number of hydrogen-bond acceptors (Lipinski definition) is 0. The number of benzene rings is 9. The van der Waals surface area contributed by atoms with E-state index in [-0.39, 0.29) is 27.5 Å². The summed E-state index contributed by atoms with van der Waals surface area (Å²) in [5, 5.41) is -2.54. The molecular weight excluding hydrogens is 691 g/mol. The van der Waals surface area contributed by atoms with Crippen LogP contribution in [0.25, 0.3) is 105 Å².